The number of hydrogen-bond acceptors (Lipinski definition) is 4. The Morgan fingerprint density at radius 1 is 1.50 bits per heavy atom. The van der Waals surface area contributed by atoms with Crippen molar-refractivity contribution < 1.29 is 4.42 Å². The van der Waals surface area contributed by atoms with Crippen molar-refractivity contribution in [2.24, 2.45) is 0 Å². The van der Waals surface area contributed by atoms with Crippen LogP contribution in [0.15, 0.2) is 29.1 Å². The van der Waals surface area contributed by atoms with E-state index in [1.807, 2.05) is 30.1 Å². The Hall–Kier alpha value is -1.62. The highest BCUT2D eigenvalue weighted by molar-refractivity contribution is 4.98. The zero-order valence-electron chi connectivity index (χ0n) is 9.21. The molecule has 0 atom stereocenters. The van der Waals surface area contributed by atoms with E-state index in [1.165, 1.54) is 0 Å². The fourth-order valence-corrected chi connectivity index (χ4v) is 2.05. The number of aryl methyl sites for hydroxylation is 1. The fraction of sp³-hybridized carbons (Fsp3) is 0.455. The molecule has 0 radical (unpaired) electrons. The van der Waals surface area contributed by atoms with E-state index in [0.717, 1.165) is 31.2 Å². The number of likely N-dealkylation sites (tertiary alicyclic amines) is 1. The van der Waals surface area contributed by atoms with Crippen LogP contribution >= 0.6 is 0 Å². The molecule has 3 rings (SSSR count). The molecule has 0 amide bonds. The van der Waals surface area contributed by atoms with Crippen molar-refractivity contribution in [1.82, 2.24) is 19.7 Å². The number of hydrogen-bond donors (Lipinski definition) is 0. The molecule has 1 saturated heterocycles. The van der Waals surface area contributed by atoms with Gasteiger partial charge in [0.1, 0.15) is 6.26 Å². The summed E-state index contributed by atoms with van der Waals surface area (Å²) in [5.41, 5.74) is 1.01. The van der Waals surface area contributed by atoms with Crippen LogP contribution in [-0.4, -0.2) is 32.8 Å². The van der Waals surface area contributed by atoms with Gasteiger partial charge in [-0.1, -0.05) is 0 Å². The van der Waals surface area contributed by atoms with Crippen LogP contribution < -0.4 is 0 Å². The molecule has 0 unspecified atom stereocenters. The Labute approximate surface area is 93.7 Å². The molecule has 16 heavy (non-hydrogen) atoms. The van der Waals surface area contributed by atoms with Crippen LogP contribution in [-0.2, 0) is 6.54 Å². The standard InChI is InChI=1S/C11H14N4O/c1-9-13-10(8-16-9)5-14-6-11(7-14)15-4-2-3-12-15/h2-4,8,11H,5-7H2,1H3. The van der Waals surface area contributed by atoms with Gasteiger partial charge >= 0.3 is 0 Å². The van der Waals surface area contributed by atoms with E-state index in [-0.39, 0.29) is 0 Å². The molecule has 5 heteroatoms. The smallest absolute Gasteiger partial charge is 0.191 e. The summed E-state index contributed by atoms with van der Waals surface area (Å²) in [5, 5.41) is 4.24. The third-order valence-electron chi connectivity index (χ3n) is 2.89. The van der Waals surface area contributed by atoms with Gasteiger partial charge in [0.25, 0.3) is 0 Å². The first kappa shape index (κ1) is 9.59. The predicted octanol–water partition coefficient (Wildman–Crippen LogP) is 1.24. The first-order valence-electron chi connectivity index (χ1n) is 5.44. The second-order valence-corrected chi connectivity index (χ2v) is 4.19. The van der Waals surface area contributed by atoms with Crippen molar-refractivity contribution >= 4 is 0 Å². The highest BCUT2D eigenvalue weighted by atomic mass is 16.3. The molecule has 1 fully saturated rings. The number of rotatable bonds is 3. The highest BCUT2D eigenvalue weighted by Crippen LogP contribution is 2.21. The minimum atomic E-state index is 0.517. The fourth-order valence-electron chi connectivity index (χ4n) is 2.05. The molecule has 84 valence electrons. The van der Waals surface area contributed by atoms with Crippen LogP contribution in [0.4, 0.5) is 0 Å². The van der Waals surface area contributed by atoms with Crippen molar-refractivity contribution in [3.63, 3.8) is 0 Å². The average molecular weight is 218 g/mol. The van der Waals surface area contributed by atoms with Crippen molar-refractivity contribution in [2.75, 3.05) is 13.1 Å². The quantitative estimate of drug-likeness (QED) is 0.777. The van der Waals surface area contributed by atoms with E-state index in [0.29, 0.717) is 6.04 Å². The van der Waals surface area contributed by atoms with Gasteiger partial charge in [0.15, 0.2) is 5.89 Å². The van der Waals surface area contributed by atoms with Gasteiger partial charge in [-0.05, 0) is 6.07 Å². The molecule has 2 aromatic heterocycles. The molecule has 3 heterocycles. The molecule has 0 spiro atoms. The summed E-state index contributed by atoms with van der Waals surface area (Å²) >= 11 is 0. The summed E-state index contributed by atoms with van der Waals surface area (Å²) in [6.07, 6.45) is 5.57. The molecule has 0 bridgehead atoms. The van der Waals surface area contributed by atoms with Crippen molar-refractivity contribution in [1.29, 1.82) is 0 Å². The predicted molar refractivity (Wildman–Crippen MR) is 57.8 cm³/mol. The minimum absolute atomic E-state index is 0.517. The lowest BCUT2D eigenvalue weighted by Crippen LogP contribution is -2.47. The SMILES string of the molecule is Cc1nc(CN2CC(n3cccn3)C2)co1. The number of nitrogens with zero attached hydrogens (tertiary/aromatic N) is 4. The maximum atomic E-state index is 5.18. The minimum Gasteiger partial charge on any atom is -0.449 e. The van der Waals surface area contributed by atoms with E-state index < -0.39 is 0 Å². The molecular weight excluding hydrogens is 204 g/mol. The molecule has 1 aliphatic heterocycles. The van der Waals surface area contributed by atoms with E-state index >= 15 is 0 Å². The summed E-state index contributed by atoms with van der Waals surface area (Å²) in [6.45, 7) is 4.81. The first-order valence-corrected chi connectivity index (χ1v) is 5.44. The molecule has 0 saturated carbocycles. The van der Waals surface area contributed by atoms with Gasteiger partial charge in [0.2, 0.25) is 0 Å². The number of aromatic nitrogens is 3. The normalized spacial score (nSPS) is 17.6. The molecule has 0 aromatic carbocycles. The third kappa shape index (κ3) is 1.74. The second kappa shape index (κ2) is 3.75. The van der Waals surface area contributed by atoms with E-state index in [4.69, 9.17) is 4.42 Å². The largest absolute Gasteiger partial charge is 0.449 e. The number of oxazole rings is 1. The van der Waals surface area contributed by atoms with Gasteiger partial charge in [0.05, 0.1) is 11.7 Å². The van der Waals surface area contributed by atoms with Crippen molar-refractivity contribution in [3.05, 3.63) is 36.3 Å². The van der Waals surface area contributed by atoms with Crippen LogP contribution in [0.2, 0.25) is 0 Å². The third-order valence-corrected chi connectivity index (χ3v) is 2.89. The van der Waals surface area contributed by atoms with Gasteiger partial charge in [-0.3, -0.25) is 9.58 Å². The summed E-state index contributed by atoms with van der Waals surface area (Å²) in [5.74, 6) is 0.735. The van der Waals surface area contributed by atoms with Gasteiger partial charge in [-0.2, -0.15) is 5.10 Å². The van der Waals surface area contributed by atoms with Crippen LogP contribution in [0.5, 0.6) is 0 Å². The van der Waals surface area contributed by atoms with Gasteiger partial charge < -0.3 is 4.42 Å². The Kier molecular flexibility index (Phi) is 2.25. The zero-order valence-corrected chi connectivity index (χ0v) is 9.21. The van der Waals surface area contributed by atoms with E-state index in [9.17, 15) is 0 Å². The van der Waals surface area contributed by atoms with Crippen molar-refractivity contribution in [3.8, 4) is 0 Å². The van der Waals surface area contributed by atoms with Crippen molar-refractivity contribution in [2.45, 2.75) is 19.5 Å². The second-order valence-electron chi connectivity index (χ2n) is 4.19. The summed E-state index contributed by atoms with van der Waals surface area (Å²) in [4.78, 5) is 6.63. The molecule has 1 aliphatic rings. The first-order chi connectivity index (χ1) is 7.81. The highest BCUT2D eigenvalue weighted by Gasteiger charge is 2.28. The lowest BCUT2D eigenvalue weighted by Gasteiger charge is -2.38. The van der Waals surface area contributed by atoms with E-state index in [2.05, 4.69) is 15.0 Å². The molecule has 2 aromatic rings. The van der Waals surface area contributed by atoms with Crippen LogP contribution in [0.25, 0.3) is 0 Å². The molecular formula is C11H14N4O. The van der Waals surface area contributed by atoms with Gasteiger partial charge in [0, 0.05) is 39.0 Å². The maximum Gasteiger partial charge on any atom is 0.191 e. The lowest BCUT2D eigenvalue weighted by atomic mass is 10.1. The monoisotopic (exact) mass is 218 g/mol. The Morgan fingerprint density at radius 2 is 2.38 bits per heavy atom. The Bertz CT molecular complexity index is 456. The summed E-state index contributed by atoms with van der Waals surface area (Å²) < 4.78 is 7.20. The molecule has 5 nitrogen and oxygen atoms in total. The van der Waals surface area contributed by atoms with Gasteiger partial charge in [-0.25, -0.2) is 4.98 Å². The summed E-state index contributed by atoms with van der Waals surface area (Å²) in [6, 6.07) is 2.48. The average Bonchev–Trinajstić information content (AvgIpc) is 2.82. The lowest BCUT2D eigenvalue weighted by molar-refractivity contribution is 0.0895. The van der Waals surface area contributed by atoms with Crippen LogP contribution in [0.1, 0.15) is 17.6 Å². The van der Waals surface area contributed by atoms with Crippen LogP contribution in [0, 0.1) is 6.92 Å². The van der Waals surface area contributed by atoms with Crippen LogP contribution in [0.3, 0.4) is 0 Å². The van der Waals surface area contributed by atoms with Gasteiger partial charge in [-0.15, -0.1) is 0 Å². The topological polar surface area (TPSA) is 47.1 Å². The Morgan fingerprint density at radius 3 is 3.00 bits per heavy atom. The van der Waals surface area contributed by atoms with E-state index in [1.54, 1.807) is 6.26 Å². The molecule has 0 aliphatic carbocycles. The zero-order chi connectivity index (χ0) is 11.0. The summed E-state index contributed by atoms with van der Waals surface area (Å²) in [7, 11) is 0. The maximum absolute atomic E-state index is 5.18. The Balaban J connectivity index is 1.54. The molecule has 0 N–H and O–H groups in total.